The average Bonchev–Trinajstić information content (AvgIpc) is 2.17. The van der Waals surface area contributed by atoms with Gasteiger partial charge in [0.1, 0.15) is 5.78 Å². The summed E-state index contributed by atoms with van der Waals surface area (Å²) in [5.41, 5.74) is 1.09. The van der Waals surface area contributed by atoms with E-state index in [1.54, 1.807) is 6.92 Å². The number of rotatable bonds is 2. The standard InChI is InChI=1S/C11H18NO/c1-4-9(2)12-7-5-11(6-8-12)10(3)13/h4,11H,2,5-8H2,1,3H3. The zero-order valence-electron chi connectivity index (χ0n) is 8.55. The Morgan fingerprint density at radius 1 is 1.46 bits per heavy atom. The van der Waals surface area contributed by atoms with Gasteiger partial charge in [-0.25, -0.2) is 0 Å². The number of likely N-dealkylation sites (tertiary alicyclic amines) is 1. The lowest BCUT2D eigenvalue weighted by molar-refractivity contribution is -0.121. The second-order valence-electron chi connectivity index (χ2n) is 3.65. The van der Waals surface area contributed by atoms with Gasteiger partial charge in [-0.15, -0.1) is 0 Å². The van der Waals surface area contributed by atoms with Crippen molar-refractivity contribution in [1.29, 1.82) is 0 Å². The highest BCUT2D eigenvalue weighted by Gasteiger charge is 2.21. The van der Waals surface area contributed by atoms with Crippen molar-refractivity contribution < 1.29 is 4.79 Å². The van der Waals surface area contributed by atoms with Crippen molar-refractivity contribution in [3.05, 3.63) is 18.7 Å². The van der Waals surface area contributed by atoms with E-state index in [-0.39, 0.29) is 0 Å². The minimum absolute atomic E-state index is 0.293. The number of carbonyl (C=O) groups is 1. The Bertz CT molecular complexity index is 212. The molecule has 1 aliphatic rings. The number of carbonyl (C=O) groups excluding carboxylic acids is 1. The fourth-order valence-electron chi connectivity index (χ4n) is 1.76. The molecule has 1 radical (unpaired) electrons. The summed E-state index contributed by atoms with van der Waals surface area (Å²) in [7, 11) is 0. The summed E-state index contributed by atoms with van der Waals surface area (Å²) in [6, 6.07) is 0. The lowest BCUT2D eigenvalue weighted by Gasteiger charge is -2.32. The molecule has 1 saturated heterocycles. The number of nitrogens with zero attached hydrogens (tertiary/aromatic N) is 1. The van der Waals surface area contributed by atoms with E-state index >= 15 is 0 Å². The van der Waals surface area contributed by atoms with Crippen LogP contribution < -0.4 is 0 Å². The first-order chi connectivity index (χ1) is 6.15. The fourth-order valence-corrected chi connectivity index (χ4v) is 1.76. The molecular weight excluding hydrogens is 162 g/mol. The molecule has 1 aliphatic heterocycles. The number of hydrogen-bond donors (Lipinski definition) is 0. The van der Waals surface area contributed by atoms with Gasteiger partial charge in [0, 0.05) is 24.7 Å². The van der Waals surface area contributed by atoms with E-state index in [2.05, 4.69) is 11.8 Å². The Labute approximate surface area is 80.6 Å². The van der Waals surface area contributed by atoms with Crippen molar-refractivity contribution in [3.8, 4) is 0 Å². The van der Waals surface area contributed by atoms with Gasteiger partial charge < -0.3 is 4.90 Å². The molecule has 1 heterocycles. The van der Waals surface area contributed by atoms with Crippen LogP contribution in [0.4, 0.5) is 0 Å². The van der Waals surface area contributed by atoms with Crippen LogP contribution in [0.25, 0.3) is 0 Å². The van der Waals surface area contributed by atoms with Crippen LogP contribution in [0.2, 0.25) is 0 Å². The molecule has 0 amide bonds. The summed E-state index contributed by atoms with van der Waals surface area (Å²) in [6.07, 6.45) is 4.00. The smallest absolute Gasteiger partial charge is 0.133 e. The highest BCUT2D eigenvalue weighted by molar-refractivity contribution is 5.78. The molecule has 0 aromatic carbocycles. The third-order valence-electron chi connectivity index (χ3n) is 2.81. The first-order valence-corrected chi connectivity index (χ1v) is 4.88. The third kappa shape index (κ3) is 2.58. The topological polar surface area (TPSA) is 20.3 Å². The van der Waals surface area contributed by atoms with E-state index in [0.29, 0.717) is 11.7 Å². The van der Waals surface area contributed by atoms with Crippen molar-refractivity contribution in [2.75, 3.05) is 13.1 Å². The number of piperidine rings is 1. The molecule has 0 aliphatic carbocycles. The lowest BCUT2D eigenvalue weighted by Crippen LogP contribution is -2.34. The second-order valence-corrected chi connectivity index (χ2v) is 3.65. The first-order valence-electron chi connectivity index (χ1n) is 4.88. The van der Waals surface area contributed by atoms with E-state index in [9.17, 15) is 4.79 Å². The molecule has 0 spiro atoms. The minimum Gasteiger partial charge on any atom is -0.375 e. The predicted molar refractivity (Wildman–Crippen MR) is 54.1 cm³/mol. The van der Waals surface area contributed by atoms with Gasteiger partial charge >= 0.3 is 0 Å². The monoisotopic (exact) mass is 180 g/mol. The van der Waals surface area contributed by atoms with Crippen LogP contribution in [0.1, 0.15) is 26.7 Å². The maximum absolute atomic E-state index is 11.1. The van der Waals surface area contributed by atoms with E-state index < -0.39 is 0 Å². The Hall–Kier alpha value is -0.790. The Morgan fingerprint density at radius 2 is 2.00 bits per heavy atom. The van der Waals surface area contributed by atoms with Gasteiger partial charge in [0.05, 0.1) is 0 Å². The van der Waals surface area contributed by atoms with Gasteiger partial charge in [0.2, 0.25) is 0 Å². The van der Waals surface area contributed by atoms with Crippen LogP contribution in [0.5, 0.6) is 0 Å². The summed E-state index contributed by atoms with van der Waals surface area (Å²) >= 11 is 0. The third-order valence-corrected chi connectivity index (χ3v) is 2.81. The van der Waals surface area contributed by atoms with Crippen molar-refractivity contribution >= 4 is 5.78 Å². The largest absolute Gasteiger partial charge is 0.375 e. The maximum Gasteiger partial charge on any atom is 0.133 e. The number of ketones is 1. The molecule has 0 bridgehead atoms. The van der Waals surface area contributed by atoms with E-state index in [1.165, 1.54) is 0 Å². The Kier molecular flexibility index (Phi) is 3.52. The van der Waals surface area contributed by atoms with Crippen LogP contribution in [0.3, 0.4) is 0 Å². The number of Topliss-reactive ketones (excluding diaryl/α,β-unsaturated/α-hetero) is 1. The molecule has 2 heteroatoms. The molecule has 1 rings (SSSR count). The van der Waals surface area contributed by atoms with E-state index in [4.69, 9.17) is 0 Å². The van der Waals surface area contributed by atoms with Crippen LogP contribution in [-0.4, -0.2) is 23.8 Å². The van der Waals surface area contributed by atoms with Crippen molar-refractivity contribution in [3.63, 3.8) is 0 Å². The zero-order valence-corrected chi connectivity index (χ0v) is 8.55. The summed E-state index contributed by atoms with van der Waals surface area (Å²) in [5, 5.41) is 0. The highest BCUT2D eigenvalue weighted by Crippen LogP contribution is 2.20. The molecule has 2 nitrogen and oxygen atoms in total. The molecule has 0 saturated carbocycles. The number of allylic oxidation sites excluding steroid dienone is 2. The molecule has 0 aromatic heterocycles. The van der Waals surface area contributed by atoms with Crippen LogP contribution in [0, 0.1) is 12.8 Å². The Balaban J connectivity index is 2.43. The summed E-state index contributed by atoms with van der Waals surface area (Å²) in [5.74, 6) is 0.631. The Morgan fingerprint density at radius 3 is 2.38 bits per heavy atom. The molecule has 73 valence electrons. The van der Waals surface area contributed by atoms with E-state index in [1.807, 2.05) is 13.0 Å². The molecular formula is C11H18NO. The lowest BCUT2D eigenvalue weighted by atomic mass is 9.93. The maximum atomic E-state index is 11.1. The van der Waals surface area contributed by atoms with Crippen LogP contribution in [-0.2, 0) is 4.79 Å². The van der Waals surface area contributed by atoms with E-state index in [0.717, 1.165) is 31.6 Å². The average molecular weight is 180 g/mol. The van der Waals surface area contributed by atoms with Gasteiger partial charge in [-0.2, -0.15) is 0 Å². The van der Waals surface area contributed by atoms with Crippen LogP contribution in [0.15, 0.2) is 11.8 Å². The molecule has 0 N–H and O–H groups in total. The number of hydrogen-bond acceptors (Lipinski definition) is 2. The predicted octanol–water partition coefficient (Wildman–Crippen LogP) is 2.03. The van der Waals surface area contributed by atoms with Crippen molar-refractivity contribution in [2.24, 2.45) is 5.92 Å². The molecule has 0 unspecified atom stereocenters. The highest BCUT2D eigenvalue weighted by atomic mass is 16.1. The van der Waals surface area contributed by atoms with Gasteiger partial charge in [-0.1, -0.05) is 6.08 Å². The normalized spacial score (nSPS) is 20.5. The van der Waals surface area contributed by atoms with Gasteiger partial charge in [-0.05, 0) is 33.6 Å². The van der Waals surface area contributed by atoms with Gasteiger partial charge in [0.15, 0.2) is 0 Å². The summed E-state index contributed by atoms with van der Waals surface area (Å²) in [6.45, 7) is 9.61. The first kappa shape index (κ1) is 10.3. The fraction of sp³-hybridized carbons (Fsp3) is 0.636. The molecule has 0 atom stereocenters. The molecule has 0 aromatic rings. The second kappa shape index (κ2) is 4.45. The summed E-state index contributed by atoms with van der Waals surface area (Å²) < 4.78 is 0. The quantitative estimate of drug-likeness (QED) is 0.648. The minimum atomic E-state index is 0.293. The van der Waals surface area contributed by atoms with Crippen molar-refractivity contribution in [2.45, 2.75) is 26.7 Å². The summed E-state index contributed by atoms with van der Waals surface area (Å²) in [4.78, 5) is 13.3. The molecule has 13 heavy (non-hydrogen) atoms. The molecule has 1 fully saturated rings. The SMILES string of the molecule is [CH2]C(=CC)N1CCC(C(C)=O)CC1. The van der Waals surface area contributed by atoms with Crippen LogP contribution >= 0.6 is 0 Å². The van der Waals surface area contributed by atoms with Gasteiger partial charge in [0.25, 0.3) is 0 Å². The zero-order chi connectivity index (χ0) is 9.84. The van der Waals surface area contributed by atoms with Gasteiger partial charge in [-0.3, -0.25) is 4.79 Å². The van der Waals surface area contributed by atoms with Crippen molar-refractivity contribution in [1.82, 2.24) is 4.90 Å².